The zero-order valence-corrected chi connectivity index (χ0v) is 23.1. The SMILES string of the molecule is COCCOCC(=O)N1CC(C(=O)NC23CC(NC(=O)COc4ccc(Cl)c(F)c4)(C2)C3)Oc2ccc(Cl)cc21. The van der Waals surface area contributed by atoms with Crippen molar-refractivity contribution in [2.45, 2.75) is 36.4 Å². The Kier molecular flexibility index (Phi) is 8.10. The second-order valence-corrected chi connectivity index (χ2v) is 11.1. The molecule has 0 spiro atoms. The quantitative estimate of drug-likeness (QED) is 0.384. The van der Waals surface area contributed by atoms with Gasteiger partial charge < -0.3 is 34.5 Å². The Morgan fingerprint density at radius 2 is 1.80 bits per heavy atom. The highest BCUT2D eigenvalue weighted by molar-refractivity contribution is 6.31. The summed E-state index contributed by atoms with van der Waals surface area (Å²) in [6, 6.07) is 8.80. The maximum Gasteiger partial charge on any atom is 0.263 e. The molecule has 1 heterocycles. The molecule has 214 valence electrons. The van der Waals surface area contributed by atoms with E-state index in [0.29, 0.717) is 42.3 Å². The number of fused-ring (bicyclic) bond motifs is 1. The third-order valence-electron chi connectivity index (χ3n) is 7.16. The molecule has 6 rings (SSSR count). The molecule has 1 atom stereocenters. The number of methoxy groups -OCH3 is 1. The normalized spacial score (nSPS) is 24.1. The van der Waals surface area contributed by atoms with Gasteiger partial charge in [0.05, 0.1) is 30.5 Å². The third kappa shape index (κ3) is 5.97. The van der Waals surface area contributed by atoms with Crippen molar-refractivity contribution in [3.8, 4) is 11.5 Å². The molecule has 2 bridgehead atoms. The highest BCUT2D eigenvalue weighted by atomic mass is 35.5. The molecule has 0 saturated heterocycles. The van der Waals surface area contributed by atoms with E-state index in [1.807, 2.05) is 0 Å². The molecule has 1 unspecified atom stereocenters. The van der Waals surface area contributed by atoms with Crippen LogP contribution in [0.25, 0.3) is 0 Å². The van der Waals surface area contributed by atoms with Crippen LogP contribution < -0.4 is 25.0 Å². The number of carbonyl (C=O) groups excluding carboxylic acids is 3. The van der Waals surface area contributed by atoms with Crippen LogP contribution in [-0.2, 0) is 23.9 Å². The number of amides is 3. The molecule has 10 nitrogen and oxygen atoms in total. The van der Waals surface area contributed by atoms with Crippen LogP contribution in [-0.4, -0.2) is 75.0 Å². The van der Waals surface area contributed by atoms with Crippen molar-refractivity contribution in [2.24, 2.45) is 0 Å². The molecule has 4 aliphatic rings. The minimum atomic E-state index is -0.940. The minimum Gasteiger partial charge on any atom is -0.484 e. The van der Waals surface area contributed by atoms with Crippen molar-refractivity contribution < 1.29 is 37.7 Å². The molecule has 2 aromatic rings. The van der Waals surface area contributed by atoms with E-state index in [4.69, 9.17) is 42.1 Å². The first-order valence-electron chi connectivity index (χ1n) is 12.7. The van der Waals surface area contributed by atoms with E-state index < -0.39 is 23.0 Å². The van der Waals surface area contributed by atoms with Gasteiger partial charge in [0.1, 0.15) is 23.9 Å². The van der Waals surface area contributed by atoms with Crippen LogP contribution in [0, 0.1) is 5.82 Å². The van der Waals surface area contributed by atoms with Crippen LogP contribution in [0.15, 0.2) is 36.4 Å². The average Bonchev–Trinajstić information content (AvgIpc) is 2.89. The van der Waals surface area contributed by atoms with E-state index >= 15 is 0 Å². The number of carbonyl (C=O) groups is 3. The molecule has 3 amide bonds. The number of benzene rings is 2. The minimum absolute atomic E-state index is 0.00770. The van der Waals surface area contributed by atoms with Crippen molar-refractivity contribution in [3.05, 3.63) is 52.3 Å². The Bertz CT molecular complexity index is 1310. The van der Waals surface area contributed by atoms with E-state index in [9.17, 15) is 18.8 Å². The molecule has 0 aromatic heterocycles. The summed E-state index contributed by atoms with van der Waals surface area (Å²) in [6.45, 7) is 0.133. The van der Waals surface area contributed by atoms with Gasteiger partial charge >= 0.3 is 0 Å². The lowest BCUT2D eigenvalue weighted by Gasteiger charge is -2.70. The fourth-order valence-corrected chi connectivity index (χ4v) is 5.73. The predicted molar refractivity (Wildman–Crippen MR) is 143 cm³/mol. The monoisotopic (exact) mass is 595 g/mol. The number of hydrogen-bond donors (Lipinski definition) is 2. The van der Waals surface area contributed by atoms with E-state index in [-0.39, 0.29) is 54.9 Å². The Morgan fingerprint density at radius 3 is 2.52 bits per heavy atom. The topological polar surface area (TPSA) is 115 Å². The molecule has 13 heteroatoms. The highest BCUT2D eigenvalue weighted by Crippen LogP contribution is 2.60. The zero-order valence-electron chi connectivity index (χ0n) is 21.6. The Morgan fingerprint density at radius 1 is 1.05 bits per heavy atom. The summed E-state index contributed by atoms with van der Waals surface area (Å²) in [5, 5.41) is 6.39. The molecule has 3 fully saturated rings. The third-order valence-corrected chi connectivity index (χ3v) is 7.71. The molecule has 1 aliphatic heterocycles. The molecular formula is C27H28Cl2FN3O7. The number of rotatable bonds is 11. The molecule has 3 aliphatic carbocycles. The van der Waals surface area contributed by atoms with Crippen LogP contribution in [0.4, 0.5) is 10.1 Å². The maximum atomic E-state index is 13.6. The fourth-order valence-electron chi connectivity index (χ4n) is 5.45. The average molecular weight is 596 g/mol. The highest BCUT2D eigenvalue weighted by Gasteiger charge is 2.69. The summed E-state index contributed by atoms with van der Waals surface area (Å²) >= 11 is 11.8. The molecule has 2 N–H and O–H groups in total. The molecule has 40 heavy (non-hydrogen) atoms. The summed E-state index contributed by atoms with van der Waals surface area (Å²) in [5.74, 6) is -1.11. The van der Waals surface area contributed by atoms with Gasteiger partial charge in [-0.25, -0.2) is 4.39 Å². The second kappa shape index (κ2) is 11.4. The smallest absolute Gasteiger partial charge is 0.263 e. The molecule has 0 radical (unpaired) electrons. The van der Waals surface area contributed by atoms with Gasteiger partial charge in [-0.1, -0.05) is 23.2 Å². The van der Waals surface area contributed by atoms with Crippen LogP contribution >= 0.6 is 23.2 Å². The first-order valence-corrected chi connectivity index (χ1v) is 13.4. The number of nitrogens with zero attached hydrogens (tertiary/aromatic N) is 1. The van der Waals surface area contributed by atoms with E-state index in [2.05, 4.69) is 10.6 Å². The van der Waals surface area contributed by atoms with E-state index in [1.165, 1.54) is 24.1 Å². The van der Waals surface area contributed by atoms with Gasteiger partial charge in [-0.15, -0.1) is 0 Å². The standard InChI is InChI=1S/C27H28Cl2FN3O7/c1-37-6-7-38-12-24(35)33-10-22(40-21-5-2-16(28)8-20(21)33)25(36)32-27-13-26(14-27,15-27)31-23(34)11-39-17-3-4-18(29)19(30)9-17/h2-5,8-9,22H,6-7,10-15H2,1H3,(H,31,34)(H,32,36). The first-order chi connectivity index (χ1) is 19.1. The van der Waals surface area contributed by atoms with Gasteiger partial charge in [0.2, 0.25) is 0 Å². The summed E-state index contributed by atoms with van der Waals surface area (Å²) in [5.41, 5.74) is -0.406. The van der Waals surface area contributed by atoms with Gasteiger partial charge in [-0.3, -0.25) is 14.4 Å². The number of anilines is 1. The number of hydrogen-bond acceptors (Lipinski definition) is 7. The van der Waals surface area contributed by atoms with Gasteiger partial charge in [0, 0.05) is 29.3 Å². The van der Waals surface area contributed by atoms with Crippen molar-refractivity contribution >= 4 is 46.6 Å². The van der Waals surface area contributed by atoms with Crippen LogP contribution in [0.5, 0.6) is 11.5 Å². The fraction of sp³-hybridized carbons (Fsp3) is 0.444. The summed E-state index contributed by atoms with van der Waals surface area (Å²) < 4.78 is 35.2. The van der Waals surface area contributed by atoms with Crippen molar-refractivity contribution in [3.63, 3.8) is 0 Å². The number of halogens is 3. The summed E-state index contributed by atoms with van der Waals surface area (Å²) in [4.78, 5) is 40.0. The Balaban J connectivity index is 1.13. The van der Waals surface area contributed by atoms with Crippen LogP contribution in [0.3, 0.4) is 0 Å². The van der Waals surface area contributed by atoms with Crippen molar-refractivity contribution in [1.29, 1.82) is 0 Å². The van der Waals surface area contributed by atoms with Gasteiger partial charge in [0.15, 0.2) is 12.7 Å². The second-order valence-electron chi connectivity index (χ2n) is 10.3. The zero-order chi connectivity index (χ0) is 28.5. The maximum absolute atomic E-state index is 13.6. The van der Waals surface area contributed by atoms with Gasteiger partial charge in [-0.2, -0.15) is 0 Å². The summed E-state index contributed by atoms with van der Waals surface area (Å²) in [6.07, 6.45) is 0.732. The van der Waals surface area contributed by atoms with Gasteiger partial charge in [-0.05, 0) is 49.6 Å². The van der Waals surface area contributed by atoms with Crippen LogP contribution in [0.2, 0.25) is 10.0 Å². The lowest BCUT2D eigenvalue weighted by Crippen LogP contribution is -2.84. The Labute approximate surface area is 240 Å². The molecule has 2 aromatic carbocycles. The summed E-state index contributed by atoms with van der Waals surface area (Å²) in [7, 11) is 1.54. The first kappa shape index (κ1) is 28.4. The lowest BCUT2D eigenvalue weighted by atomic mass is 9.44. The molecular weight excluding hydrogens is 568 g/mol. The van der Waals surface area contributed by atoms with Crippen molar-refractivity contribution in [2.75, 3.05) is 45.0 Å². The van der Waals surface area contributed by atoms with Gasteiger partial charge in [0.25, 0.3) is 17.7 Å². The predicted octanol–water partition coefficient (Wildman–Crippen LogP) is 2.88. The lowest BCUT2D eigenvalue weighted by molar-refractivity contribution is -0.153. The van der Waals surface area contributed by atoms with Crippen molar-refractivity contribution in [1.82, 2.24) is 10.6 Å². The Hall–Kier alpha value is -3.12. The number of nitrogens with one attached hydrogen (secondary N) is 2. The largest absolute Gasteiger partial charge is 0.484 e. The van der Waals surface area contributed by atoms with E-state index in [0.717, 1.165) is 6.07 Å². The van der Waals surface area contributed by atoms with E-state index in [1.54, 1.807) is 18.2 Å². The van der Waals surface area contributed by atoms with Crippen LogP contribution in [0.1, 0.15) is 19.3 Å². The number of ether oxygens (including phenoxy) is 4. The molecule has 3 saturated carbocycles.